The minimum absolute atomic E-state index is 0.124. The van der Waals surface area contributed by atoms with E-state index in [1.54, 1.807) is 0 Å². The van der Waals surface area contributed by atoms with Gasteiger partial charge in [-0.05, 0) is 37.3 Å². The van der Waals surface area contributed by atoms with Crippen LogP contribution in [0.1, 0.15) is 54.0 Å². The number of hydrogen-bond donors (Lipinski definition) is 1. The van der Waals surface area contributed by atoms with E-state index in [0.717, 1.165) is 28.9 Å². The van der Waals surface area contributed by atoms with Crippen LogP contribution in [0.4, 0.5) is 0 Å². The van der Waals surface area contributed by atoms with E-state index in [1.807, 2.05) is 44.2 Å². The lowest BCUT2D eigenvalue weighted by Gasteiger charge is -2.07. The van der Waals surface area contributed by atoms with Crippen LogP contribution in [0.3, 0.4) is 0 Å². The Morgan fingerprint density at radius 3 is 2.44 bits per heavy atom. The molecule has 0 radical (unpaired) electrons. The Balaban J connectivity index is 1.88. The molecule has 0 unspecified atom stereocenters. The molecule has 1 amide bonds. The highest BCUT2D eigenvalue weighted by Crippen LogP contribution is 2.18. The van der Waals surface area contributed by atoms with Crippen molar-refractivity contribution in [2.45, 2.75) is 53.5 Å². The van der Waals surface area contributed by atoms with Crippen LogP contribution in [-0.4, -0.2) is 21.6 Å². The quantitative estimate of drug-likeness (QED) is 0.839. The third kappa shape index (κ3) is 5.28. The van der Waals surface area contributed by atoms with Gasteiger partial charge in [0, 0.05) is 25.1 Å². The zero-order valence-electron chi connectivity index (χ0n) is 15.5. The highest BCUT2D eigenvalue weighted by atomic mass is 16.2. The Morgan fingerprint density at radius 2 is 1.80 bits per heavy atom. The summed E-state index contributed by atoms with van der Waals surface area (Å²) in [6, 6.07) is 9.71. The molecule has 2 aromatic rings. The van der Waals surface area contributed by atoms with E-state index in [4.69, 9.17) is 0 Å². The van der Waals surface area contributed by atoms with Gasteiger partial charge < -0.3 is 5.32 Å². The van der Waals surface area contributed by atoms with Gasteiger partial charge in [0.25, 0.3) is 0 Å². The van der Waals surface area contributed by atoms with Crippen molar-refractivity contribution in [1.29, 1.82) is 0 Å². The minimum Gasteiger partial charge on any atom is -0.352 e. The highest BCUT2D eigenvalue weighted by Gasteiger charge is 2.18. The third-order valence-corrected chi connectivity index (χ3v) is 4.19. The number of rotatable bonds is 7. The van der Waals surface area contributed by atoms with Gasteiger partial charge in [0.05, 0.1) is 5.69 Å². The molecule has 0 aliphatic carbocycles. The van der Waals surface area contributed by atoms with E-state index < -0.39 is 0 Å². The Hall–Kier alpha value is -2.43. The van der Waals surface area contributed by atoms with Gasteiger partial charge in [0.15, 0.2) is 0 Å². The van der Waals surface area contributed by atoms with Gasteiger partial charge in [-0.25, -0.2) is 4.68 Å². The minimum atomic E-state index is -0.134. The molecule has 0 aliphatic rings. The first-order chi connectivity index (χ1) is 11.9. The van der Waals surface area contributed by atoms with E-state index in [-0.39, 0.29) is 24.7 Å². The molecule has 5 nitrogen and oxygen atoms in total. The standard InChI is InChI=1S/C20H27N3O2/c1-14(2)12-18-15(3)22-23(16(18)4)20(25)11-10-19(24)21-13-17-8-6-5-7-9-17/h5-9,14H,10-13H2,1-4H3,(H,21,24). The molecule has 0 saturated carbocycles. The number of carbonyl (C=O) groups is 2. The van der Waals surface area contributed by atoms with Gasteiger partial charge in [-0.2, -0.15) is 5.10 Å². The normalized spacial score (nSPS) is 10.9. The highest BCUT2D eigenvalue weighted by molar-refractivity contribution is 5.85. The summed E-state index contributed by atoms with van der Waals surface area (Å²) in [5.74, 6) is 0.250. The number of benzene rings is 1. The fourth-order valence-electron chi connectivity index (χ4n) is 2.83. The van der Waals surface area contributed by atoms with Crippen LogP contribution >= 0.6 is 0 Å². The number of carbonyl (C=O) groups excluding carboxylic acids is 2. The zero-order valence-corrected chi connectivity index (χ0v) is 15.5. The summed E-state index contributed by atoms with van der Waals surface area (Å²) in [5, 5.41) is 7.21. The Kier molecular flexibility index (Phi) is 6.51. The number of hydrogen-bond acceptors (Lipinski definition) is 3. The Morgan fingerprint density at radius 1 is 1.12 bits per heavy atom. The molecule has 134 valence electrons. The van der Waals surface area contributed by atoms with Crippen molar-refractivity contribution < 1.29 is 9.59 Å². The van der Waals surface area contributed by atoms with Gasteiger partial charge in [0.1, 0.15) is 0 Å². The average Bonchev–Trinajstić information content (AvgIpc) is 2.86. The number of aryl methyl sites for hydroxylation is 1. The lowest BCUT2D eigenvalue weighted by molar-refractivity contribution is -0.121. The maximum absolute atomic E-state index is 12.4. The van der Waals surface area contributed by atoms with E-state index in [9.17, 15) is 9.59 Å². The lowest BCUT2D eigenvalue weighted by Crippen LogP contribution is -2.24. The first-order valence-electron chi connectivity index (χ1n) is 8.77. The summed E-state index contributed by atoms with van der Waals surface area (Å²) >= 11 is 0. The second-order valence-corrected chi connectivity index (χ2v) is 6.82. The van der Waals surface area contributed by atoms with Crippen LogP contribution in [0.25, 0.3) is 0 Å². The lowest BCUT2D eigenvalue weighted by atomic mass is 10.0. The molecule has 0 bridgehead atoms. The predicted molar refractivity (Wildman–Crippen MR) is 98.4 cm³/mol. The monoisotopic (exact) mass is 341 g/mol. The van der Waals surface area contributed by atoms with E-state index in [1.165, 1.54) is 4.68 Å². The molecule has 25 heavy (non-hydrogen) atoms. The summed E-state index contributed by atoms with van der Waals surface area (Å²) in [7, 11) is 0. The Bertz CT molecular complexity index is 733. The largest absolute Gasteiger partial charge is 0.352 e. The van der Waals surface area contributed by atoms with Crippen molar-refractivity contribution in [3.63, 3.8) is 0 Å². The van der Waals surface area contributed by atoms with Crippen LogP contribution in [0, 0.1) is 19.8 Å². The maximum atomic E-state index is 12.4. The summed E-state index contributed by atoms with van der Waals surface area (Å²) in [5.41, 5.74) is 3.96. The maximum Gasteiger partial charge on any atom is 0.247 e. The smallest absolute Gasteiger partial charge is 0.247 e. The van der Waals surface area contributed by atoms with Crippen LogP contribution < -0.4 is 5.32 Å². The molecule has 1 N–H and O–H groups in total. The molecule has 1 aromatic heterocycles. The van der Waals surface area contributed by atoms with Crippen molar-refractivity contribution >= 4 is 11.8 Å². The molecule has 1 aromatic carbocycles. The molecule has 0 saturated heterocycles. The number of amides is 1. The first kappa shape index (κ1) is 18.9. The third-order valence-electron chi connectivity index (χ3n) is 4.19. The first-order valence-corrected chi connectivity index (χ1v) is 8.77. The molecule has 0 spiro atoms. The van der Waals surface area contributed by atoms with Gasteiger partial charge in [0.2, 0.25) is 11.8 Å². The summed E-state index contributed by atoms with van der Waals surface area (Å²) in [4.78, 5) is 24.4. The van der Waals surface area contributed by atoms with Gasteiger partial charge in [-0.3, -0.25) is 9.59 Å². The van der Waals surface area contributed by atoms with E-state index in [2.05, 4.69) is 24.3 Å². The molecule has 1 heterocycles. The van der Waals surface area contributed by atoms with Crippen LogP contribution in [0.5, 0.6) is 0 Å². The predicted octanol–water partition coefficient (Wildman–Crippen LogP) is 3.44. The second-order valence-electron chi connectivity index (χ2n) is 6.82. The Labute approximate surface area is 149 Å². The van der Waals surface area contributed by atoms with Crippen molar-refractivity contribution in [2.24, 2.45) is 5.92 Å². The second kappa shape index (κ2) is 8.60. The van der Waals surface area contributed by atoms with E-state index in [0.29, 0.717) is 12.5 Å². The van der Waals surface area contributed by atoms with Gasteiger partial charge >= 0.3 is 0 Å². The van der Waals surface area contributed by atoms with Crippen molar-refractivity contribution in [2.75, 3.05) is 0 Å². The molecular formula is C20H27N3O2. The summed E-state index contributed by atoms with van der Waals surface area (Å²) < 4.78 is 1.46. The van der Waals surface area contributed by atoms with Crippen LogP contribution in [0.15, 0.2) is 30.3 Å². The van der Waals surface area contributed by atoms with Crippen molar-refractivity contribution in [3.05, 3.63) is 52.8 Å². The van der Waals surface area contributed by atoms with Crippen molar-refractivity contribution in [3.8, 4) is 0 Å². The SMILES string of the molecule is Cc1nn(C(=O)CCC(=O)NCc2ccccc2)c(C)c1CC(C)C. The van der Waals surface area contributed by atoms with E-state index >= 15 is 0 Å². The van der Waals surface area contributed by atoms with Crippen molar-refractivity contribution in [1.82, 2.24) is 15.1 Å². The fraction of sp³-hybridized carbons (Fsp3) is 0.450. The van der Waals surface area contributed by atoms with Gasteiger partial charge in [-0.1, -0.05) is 44.2 Å². The average molecular weight is 341 g/mol. The topological polar surface area (TPSA) is 64.0 Å². The number of nitrogens with zero attached hydrogens (tertiary/aromatic N) is 2. The zero-order chi connectivity index (χ0) is 18.4. The van der Waals surface area contributed by atoms with Gasteiger partial charge in [-0.15, -0.1) is 0 Å². The molecule has 0 fully saturated rings. The summed E-state index contributed by atoms with van der Waals surface area (Å²) in [6.07, 6.45) is 1.23. The summed E-state index contributed by atoms with van der Waals surface area (Å²) in [6.45, 7) is 8.63. The molecular weight excluding hydrogens is 314 g/mol. The molecule has 2 rings (SSSR count). The number of nitrogens with one attached hydrogen (secondary N) is 1. The van der Waals surface area contributed by atoms with Crippen LogP contribution in [0.2, 0.25) is 0 Å². The fourth-order valence-corrected chi connectivity index (χ4v) is 2.83. The molecule has 0 aliphatic heterocycles. The van der Waals surface area contributed by atoms with Crippen LogP contribution in [-0.2, 0) is 17.8 Å². The number of aromatic nitrogens is 2. The molecule has 0 atom stereocenters. The molecule has 5 heteroatoms.